The average Bonchev–Trinajstić information content (AvgIpc) is 2.75. The summed E-state index contributed by atoms with van der Waals surface area (Å²) in [5, 5.41) is 4.24. The Morgan fingerprint density at radius 2 is 2.15 bits per heavy atom. The van der Waals surface area contributed by atoms with Crippen LogP contribution in [0.1, 0.15) is 29.9 Å². The molecule has 0 spiro atoms. The van der Waals surface area contributed by atoms with E-state index in [-0.39, 0.29) is 12.1 Å². The summed E-state index contributed by atoms with van der Waals surface area (Å²) in [5.41, 5.74) is 9.39. The fourth-order valence-corrected chi connectivity index (χ4v) is 2.59. The highest BCUT2D eigenvalue weighted by Crippen LogP contribution is 2.23. The molecule has 0 aliphatic heterocycles. The van der Waals surface area contributed by atoms with E-state index in [2.05, 4.69) is 22.0 Å². The minimum atomic E-state index is 0.0222. The zero-order valence-electron chi connectivity index (χ0n) is 12.6. The van der Waals surface area contributed by atoms with Gasteiger partial charge in [-0.1, -0.05) is 6.07 Å². The second-order valence-corrected chi connectivity index (χ2v) is 5.44. The molecule has 0 aromatic carbocycles. The minimum absolute atomic E-state index is 0.0222. The number of pyridine rings is 1. The van der Waals surface area contributed by atoms with Crippen LogP contribution in [0.25, 0.3) is 0 Å². The monoisotopic (exact) mass is 273 g/mol. The minimum Gasteiger partial charge on any atom is -0.326 e. The number of aromatic nitrogens is 3. The first-order valence-electron chi connectivity index (χ1n) is 6.84. The fourth-order valence-electron chi connectivity index (χ4n) is 2.59. The van der Waals surface area contributed by atoms with Crippen LogP contribution in [0, 0.1) is 6.92 Å². The van der Waals surface area contributed by atoms with Gasteiger partial charge < -0.3 is 5.73 Å². The van der Waals surface area contributed by atoms with Gasteiger partial charge in [0.05, 0.1) is 17.9 Å². The number of likely N-dealkylation sites (N-methyl/N-ethyl adjacent to an activating group) is 1. The molecular formula is C15H23N5. The van der Waals surface area contributed by atoms with E-state index in [0.717, 1.165) is 23.5 Å². The molecule has 2 heterocycles. The van der Waals surface area contributed by atoms with Gasteiger partial charge in [-0.05, 0) is 33.0 Å². The molecule has 2 rings (SSSR count). The normalized spacial score (nSPS) is 14.5. The predicted molar refractivity (Wildman–Crippen MR) is 80.0 cm³/mol. The lowest BCUT2D eigenvalue weighted by atomic mass is 10.0. The van der Waals surface area contributed by atoms with Crippen molar-refractivity contribution in [2.75, 3.05) is 7.05 Å². The van der Waals surface area contributed by atoms with Crippen LogP contribution in [0.15, 0.2) is 30.6 Å². The maximum absolute atomic E-state index is 6.16. The van der Waals surface area contributed by atoms with Gasteiger partial charge in [0.25, 0.3) is 0 Å². The maximum atomic E-state index is 6.16. The highest BCUT2D eigenvalue weighted by Gasteiger charge is 2.22. The number of hydrogen-bond donors (Lipinski definition) is 1. The van der Waals surface area contributed by atoms with E-state index < -0.39 is 0 Å². The first kappa shape index (κ1) is 14.7. The molecular weight excluding hydrogens is 250 g/mol. The zero-order chi connectivity index (χ0) is 14.7. The molecule has 2 aromatic rings. The quantitative estimate of drug-likeness (QED) is 0.899. The number of aryl methyl sites for hydroxylation is 2. The number of nitrogens with two attached hydrogens (primary N) is 1. The Morgan fingerprint density at radius 1 is 1.40 bits per heavy atom. The Bertz CT molecular complexity index is 561. The Labute approximate surface area is 120 Å². The van der Waals surface area contributed by atoms with Crippen LogP contribution >= 0.6 is 0 Å². The highest BCUT2D eigenvalue weighted by molar-refractivity contribution is 5.15. The van der Waals surface area contributed by atoms with Crippen molar-refractivity contribution in [1.82, 2.24) is 19.7 Å². The molecule has 20 heavy (non-hydrogen) atoms. The van der Waals surface area contributed by atoms with Gasteiger partial charge in [-0.25, -0.2) is 0 Å². The molecule has 5 heteroatoms. The molecule has 2 aromatic heterocycles. The third kappa shape index (κ3) is 3.43. The fraction of sp³-hybridized carbons (Fsp3) is 0.467. The van der Waals surface area contributed by atoms with Gasteiger partial charge in [-0.15, -0.1) is 0 Å². The summed E-state index contributed by atoms with van der Waals surface area (Å²) < 4.78 is 1.81. The molecule has 2 atom stereocenters. The second-order valence-electron chi connectivity index (χ2n) is 5.44. The van der Waals surface area contributed by atoms with Crippen molar-refractivity contribution < 1.29 is 0 Å². The van der Waals surface area contributed by atoms with Crippen LogP contribution in [0.5, 0.6) is 0 Å². The van der Waals surface area contributed by atoms with Gasteiger partial charge in [0.15, 0.2) is 0 Å². The van der Waals surface area contributed by atoms with E-state index in [1.54, 1.807) is 0 Å². The van der Waals surface area contributed by atoms with Crippen molar-refractivity contribution in [3.63, 3.8) is 0 Å². The Kier molecular flexibility index (Phi) is 4.52. The van der Waals surface area contributed by atoms with Crippen LogP contribution in [-0.4, -0.2) is 32.8 Å². The maximum Gasteiger partial charge on any atom is 0.0547 e. The molecule has 0 saturated carbocycles. The van der Waals surface area contributed by atoms with Gasteiger partial charge in [0.1, 0.15) is 0 Å². The lowest BCUT2D eigenvalue weighted by Gasteiger charge is -2.30. The van der Waals surface area contributed by atoms with Crippen LogP contribution in [0.4, 0.5) is 0 Å². The zero-order valence-corrected chi connectivity index (χ0v) is 12.6. The molecule has 0 aliphatic carbocycles. The summed E-state index contributed by atoms with van der Waals surface area (Å²) in [6.45, 7) is 4.80. The van der Waals surface area contributed by atoms with E-state index in [1.165, 1.54) is 0 Å². The summed E-state index contributed by atoms with van der Waals surface area (Å²) in [5.74, 6) is 0. The topological polar surface area (TPSA) is 60.0 Å². The highest BCUT2D eigenvalue weighted by atomic mass is 15.2. The third-order valence-corrected chi connectivity index (χ3v) is 3.40. The van der Waals surface area contributed by atoms with E-state index in [4.69, 9.17) is 5.73 Å². The van der Waals surface area contributed by atoms with Crippen LogP contribution in [0.3, 0.4) is 0 Å². The van der Waals surface area contributed by atoms with Crippen LogP contribution < -0.4 is 5.73 Å². The average molecular weight is 273 g/mol. The van der Waals surface area contributed by atoms with Crippen molar-refractivity contribution in [1.29, 1.82) is 0 Å². The number of hydrogen-bond acceptors (Lipinski definition) is 4. The molecule has 0 radical (unpaired) electrons. The molecule has 0 bridgehead atoms. The summed E-state index contributed by atoms with van der Waals surface area (Å²) in [6, 6.07) is 6.25. The van der Waals surface area contributed by atoms with Gasteiger partial charge in [-0.3, -0.25) is 14.6 Å². The largest absolute Gasteiger partial charge is 0.326 e. The number of nitrogens with zero attached hydrogens (tertiary/aromatic N) is 4. The van der Waals surface area contributed by atoms with Gasteiger partial charge in [0, 0.05) is 37.1 Å². The number of rotatable bonds is 5. The lowest BCUT2D eigenvalue weighted by molar-refractivity contribution is 0.208. The summed E-state index contributed by atoms with van der Waals surface area (Å²) in [4.78, 5) is 6.78. The molecule has 0 amide bonds. The van der Waals surface area contributed by atoms with Crippen molar-refractivity contribution in [3.05, 3.63) is 47.5 Å². The van der Waals surface area contributed by atoms with Crippen molar-refractivity contribution in [2.24, 2.45) is 12.8 Å². The second kappa shape index (κ2) is 6.15. The van der Waals surface area contributed by atoms with E-state index in [1.807, 2.05) is 56.2 Å². The van der Waals surface area contributed by atoms with E-state index in [0.29, 0.717) is 0 Å². The van der Waals surface area contributed by atoms with Gasteiger partial charge >= 0.3 is 0 Å². The van der Waals surface area contributed by atoms with Crippen molar-refractivity contribution in [2.45, 2.75) is 32.5 Å². The van der Waals surface area contributed by atoms with Crippen molar-refractivity contribution >= 4 is 0 Å². The van der Waals surface area contributed by atoms with E-state index >= 15 is 0 Å². The standard InChI is InChI=1S/C15H23N5/c1-11-6-5-7-14(18-11)10-19(3)15(12(2)16)13-8-17-20(4)9-13/h5-9,12,15H,10,16H2,1-4H3. The molecule has 108 valence electrons. The van der Waals surface area contributed by atoms with Gasteiger partial charge in [0.2, 0.25) is 0 Å². The Morgan fingerprint density at radius 3 is 2.70 bits per heavy atom. The Balaban J connectivity index is 2.17. The molecule has 5 nitrogen and oxygen atoms in total. The first-order valence-corrected chi connectivity index (χ1v) is 6.84. The first-order chi connectivity index (χ1) is 9.47. The van der Waals surface area contributed by atoms with Crippen molar-refractivity contribution in [3.8, 4) is 0 Å². The molecule has 0 fully saturated rings. The lowest BCUT2D eigenvalue weighted by Crippen LogP contribution is -2.37. The summed E-state index contributed by atoms with van der Waals surface area (Å²) >= 11 is 0. The van der Waals surface area contributed by atoms with E-state index in [9.17, 15) is 0 Å². The molecule has 0 aliphatic rings. The van der Waals surface area contributed by atoms with Gasteiger partial charge in [-0.2, -0.15) is 5.10 Å². The molecule has 2 N–H and O–H groups in total. The predicted octanol–water partition coefficient (Wildman–Crippen LogP) is 1.64. The third-order valence-electron chi connectivity index (χ3n) is 3.40. The summed E-state index contributed by atoms with van der Waals surface area (Å²) in [6.07, 6.45) is 3.91. The SMILES string of the molecule is Cc1cccc(CN(C)C(c2cnn(C)c2)C(C)N)n1. The molecule has 2 unspecified atom stereocenters. The Hall–Kier alpha value is -1.72. The van der Waals surface area contributed by atoms with Crippen LogP contribution in [0.2, 0.25) is 0 Å². The smallest absolute Gasteiger partial charge is 0.0547 e. The van der Waals surface area contributed by atoms with Crippen LogP contribution in [-0.2, 0) is 13.6 Å². The molecule has 0 saturated heterocycles. The summed E-state index contributed by atoms with van der Waals surface area (Å²) in [7, 11) is 3.99.